The van der Waals surface area contributed by atoms with E-state index >= 15 is 0 Å². The summed E-state index contributed by atoms with van der Waals surface area (Å²) in [5.74, 6) is -3.33. The van der Waals surface area contributed by atoms with Crippen molar-refractivity contribution >= 4 is 0 Å². The standard InChI is InChI=1S/C9H13F6N/c1-6(2,16)7(3-4-7)5(8(10,11)12)9(13,14)15/h5H,3-4,16H2,1-2H3. The minimum Gasteiger partial charge on any atom is -0.325 e. The Morgan fingerprint density at radius 2 is 1.25 bits per heavy atom. The zero-order chi connectivity index (χ0) is 13.0. The molecule has 0 aromatic rings. The number of hydrogen-bond acceptors (Lipinski definition) is 1. The monoisotopic (exact) mass is 249 g/mol. The lowest BCUT2D eigenvalue weighted by atomic mass is 9.74. The molecule has 0 bridgehead atoms. The fourth-order valence-electron chi connectivity index (χ4n) is 2.25. The molecule has 7 heteroatoms. The number of rotatable bonds is 2. The smallest absolute Gasteiger partial charge is 0.325 e. The predicted octanol–water partition coefficient (Wildman–Crippen LogP) is 3.24. The van der Waals surface area contributed by atoms with Crippen molar-refractivity contribution in [2.45, 2.75) is 44.6 Å². The van der Waals surface area contributed by atoms with Crippen molar-refractivity contribution in [2.24, 2.45) is 17.1 Å². The highest BCUT2D eigenvalue weighted by atomic mass is 19.4. The molecular weight excluding hydrogens is 236 g/mol. The van der Waals surface area contributed by atoms with Gasteiger partial charge in [0.25, 0.3) is 0 Å². The Morgan fingerprint density at radius 1 is 0.938 bits per heavy atom. The van der Waals surface area contributed by atoms with Crippen LogP contribution in [0.3, 0.4) is 0 Å². The maximum Gasteiger partial charge on any atom is 0.401 e. The molecule has 0 saturated heterocycles. The molecule has 0 aliphatic heterocycles. The summed E-state index contributed by atoms with van der Waals surface area (Å²) >= 11 is 0. The molecule has 2 N–H and O–H groups in total. The maximum absolute atomic E-state index is 12.5. The fourth-order valence-corrected chi connectivity index (χ4v) is 2.25. The van der Waals surface area contributed by atoms with Crippen LogP contribution in [-0.2, 0) is 0 Å². The van der Waals surface area contributed by atoms with Crippen LogP contribution in [0.2, 0.25) is 0 Å². The maximum atomic E-state index is 12.5. The SMILES string of the molecule is CC(C)(N)C1(C(C(F)(F)F)C(F)(F)F)CC1. The summed E-state index contributed by atoms with van der Waals surface area (Å²) in [6, 6.07) is 0. The van der Waals surface area contributed by atoms with Gasteiger partial charge in [0.1, 0.15) is 0 Å². The molecule has 0 spiro atoms. The third-order valence-corrected chi connectivity index (χ3v) is 3.28. The average Bonchev–Trinajstić information content (AvgIpc) is 2.58. The molecule has 1 aliphatic rings. The Kier molecular flexibility index (Phi) is 2.78. The first-order valence-electron chi connectivity index (χ1n) is 4.75. The third kappa shape index (κ3) is 2.14. The van der Waals surface area contributed by atoms with Crippen LogP contribution < -0.4 is 5.73 Å². The summed E-state index contributed by atoms with van der Waals surface area (Å²) in [5, 5.41) is 0. The number of hydrogen-bond donors (Lipinski definition) is 1. The quantitative estimate of drug-likeness (QED) is 0.747. The lowest BCUT2D eigenvalue weighted by molar-refractivity contribution is -0.308. The predicted molar refractivity (Wildman–Crippen MR) is 45.5 cm³/mol. The normalized spacial score (nSPS) is 21.4. The van der Waals surface area contributed by atoms with Crippen molar-refractivity contribution in [1.82, 2.24) is 0 Å². The molecule has 0 heterocycles. The molecule has 0 atom stereocenters. The van der Waals surface area contributed by atoms with Crippen LogP contribution in [0.15, 0.2) is 0 Å². The Labute approximate surface area is 89.0 Å². The van der Waals surface area contributed by atoms with Crippen LogP contribution in [0.1, 0.15) is 26.7 Å². The Hall–Kier alpha value is -0.460. The summed E-state index contributed by atoms with van der Waals surface area (Å²) < 4.78 is 75.0. The van der Waals surface area contributed by atoms with E-state index in [9.17, 15) is 26.3 Å². The summed E-state index contributed by atoms with van der Waals surface area (Å²) in [7, 11) is 0. The molecule has 1 aliphatic carbocycles. The number of halogens is 6. The van der Waals surface area contributed by atoms with Gasteiger partial charge in [-0.05, 0) is 26.7 Å². The molecule has 1 rings (SSSR count). The molecule has 0 radical (unpaired) electrons. The lowest BCUT2D eigenvalue weighted by Gasteiger charge is -2.39. The lowest BCUT2D eigenvalue weighted by Crippen LogP contribution is -2.55. The van der Waals surface area contributed by atoms with E-state index in [0.29, 0.717) is 0 Å². The highest BCUT2D eigenvalue weighted by Crippen LogP contribution is 2.66. The second-order valence-electron chi connectivity index (χ2n) is 4.89. The van der Waals surface area contributed by atoms with Gasteiger partial charge in [0.05, 0.1) is 0 Å². The van der Waals surface area contributed by atoms with Crippen LogP contribution in [0.25, 0.3) is 0 Å². The van der Waals surface area contributed by atoms with Crippen LogP contribution in [-0.4, -0.2) is 17.9 Å². The summed E-state index contributed by atoms with van der Waals surface area (Å²) in [6.07, 6.45) is -10.9. The van der Waals surface area contributed by atoms with Crippen molar-refractivity contribution in [2.75, 3.05) is 0 Å². The fraction of sp³-hybridized carbons (Fsp3) is 1.00. The first-order chi connectivity index (χ1) is 6.82. The van der Waals surface area contributed by atoms with Gasteiger partial charge < -0.3 is 5.73 Å². The largest absolute Gasteiger partial charge is 0.401 e. The van der Waals surface area contributed by atoms with Crippen molar-refractivity contribution in [3.05, 3.63) is 0 Å². The highest BCUT2D eigenvalue weighted by Gasteiger charge is 2.73. The van der Waals surface area contributed by atoms with Crippen LogP contribution >= 0.6 is 0 Å². The zero-order valence-corrected chi connectivity index (χ0v) is 8.84. The van der Waals surface area contributed by atoms with Gasteiger partial charge in [0.2, 0.25) is 0 Å². The third-order valence-electron chi connectivity index (χ3n) is 3.28. The van der Waals surface area contributed by atoms with Gasteiger partial charge in [-0.1, -0.05) is 0 Å². The van der Waals surface area contributed by atoms with Crippen LogP contribution in [0, 0.1) is 11.3 Å². The molecule has 0 aromatic carbocycles. The van der Waals surface area contributed by atoms with Gasteiger partial charge in [0.15, 0.2) is 5.92 Å². The second-order valence-corrected chi connectivity index (χ2v) is 4.89. The Morgan fingerprint density at radius 3 is 1.31 bits per heavy atom. The van der Waals surface area contributed by atoms with Gasteiger partial charge >= 0.3 is 12.4 Å². The summed E-state index contributed by atoms with van der Waals surface area (Å²) in [4.78, 5) is 0. The van der Waals surface area contributed by atoms with Crippen LogP contribution in [0.4, 0.5) is 26.3 Å². The van der Waals surface area contributed by atoms with Crippen molar-refractivity contribution in [3.63, 3.8) is 0 Å². The van der Waals surface area contributed by atoms with E-state index < -0.39 is 29.2 Å². The minimum absolute atomic E-state index is 0.139. The first kappa shape index (κ1) is 13.6. The molecule has 96 valence electrons. The Bertz CT molecular complexity index is 253. The molecule has 0 aromatic heterocycles. The van der Waals surface area contributed by atoms with E-state index in [0.717, 1.165) is 0 Å². The van der Waals surface area contributed by atoms with Gasteiger partial charge in [-0.3, -0.25) is 0 Å². The van der Waals surface area contributed by atoms with E-state index in [1.165, 1.54) is 13.8 Å². The molecule has 1 nitrogen and oxygen atoms in total. The van der Waals surface area contributed by atoms with Crippen molar-refractivity contribution in [1.29, 1.82) is 0 Å². The van der Waals surface area contributed by atoms with E-state index in [1.807, 2.05) is 0 Å². The minimum atomic E-state index is -5.30. The summed E-state index contributed by atoms with van der Waals surface area (Å²) in [6.45, 7) is 2.43. The van der Waals surface area contributed by atoms with E-state index in [2.05, 4.69) is 0 Å². The van der Waals surface area contributed by atoms with Crippen molar-refractivity contribution < 1.29 is 26.3 Å². The van der Waals surface area contributed by atoms with Crippen molar-refractivity contribution in [3.8, 4) is 0 Å². The molecule has 0 unspecified atom stereocenters. The first-order valence-corrected chi connectivity index (χ1v) is 4.75. The highest BCUT2D eigenvalue weighted by molar-refractivity contribution is 5.13. The molecular formula is C9H13F6N. The molecule has 1 fully saturated rings. The average molecular weight is 249 g/mol. The van der Waals surface area contributed by atoms with E-state index in [4.69, 9.17) is 5.73 Å². The van der Waals surface area contributed by atoms with Crippen LogP contribution in [0.5, 0.6) is 0 Å². The molecule has 1 saturated carbocycles. The molecule has 16 heavy (non-hydrogen) atoms. The summed E-state index contributed by atoms with van der Waals surface area (Å²) in [5.41, 5.74) is 2.07. The topological polar surface area (TPSA) is 26.0 Å². The van der Waals surface area contributed by atoms with E-state index in [-0.39, 0.29) is 12.8 Å². The van der Waals surface area contributed by atoms with Gasteiger partial charge in [0, 0.05) is 11.0 Å². The van der Waals surface area contributed by atoms with Gasteiger partial charge in [-0.25, -0.2) is 0 Å². The number of nitrogens with two attached hydrogens (primary N) is 1. The Balaban J connectivity index is 3.15. The molecule has 0 amide bonds. The second kappa shape index (κ2) is 3.27. The van der Waals surface area contributed by atoms with Gasteiger partial charge in [-0.15, -0.1) is 0 Å². The number of alkyl halides is 6. The zero-order valence-electron chi connectivity index (χ0n) is 8.84. The van der Waals surface area contributed by atoms with Gasteiger partial charge in [-0.2, -0.15) is 26.3 Å². The van der Waals surface area contributed by atoms with E-state index in [1.54, 1.807) is 0 Å².